The lowest BCUT2D eigenvalue weighted by Gasteiger charge is -2.33. The Morgan fingerprint density at radius 3 is 2.62 bits per heavy atom. The zero-order valence-electron chi connectivity index (χ0n) is 12.9. The van der Waals surface area contributed by atoms with Crippen molar-refractivity contribution in [2.45, 2.75) is 51.7 Å². The summed E-state index contributed by atoms with van der Waals surface area (Å²) in [6, 6.07) is 0. The van der Waals surface area contributed by atoms with E-state index < -0.39 is 23.7 Å². The molecule has 21 heavy (non-hydrogen) atoms. The maximum absolute atomic E-state index is 12.3. The van der Waals surface area contributed by atoms with Crippen molar-refractivity contribution in [2.24, 2.45) is 5.92 Å². The Kier molecular flexibility index (Phi) is 4.66. The van der Waals surface area contributed by atoms with Crippen LogP contribution >= 0.6 is 0 Å². The zero-order valence-corrected chi connectivity index (χ0v) is 12.9. The van der Waals surface area contributed by atoms with Crippen LogP contribution in [0.5, 0.6) is 0 Å². The average Bonchev–Trinajstić information content (AvgIpc) is 2.90. The van der Waals surface area contributed by atoms with E-state index in [1.807, 2.05) is 0 Å². The molecule has 2 fully saturated rings. The van der Waals surface area contributed by atoms with Crippen molar-refractivity contribution < 1.29 is 23.9 Å². The molecule has 0 saturated carbocycles. The minimum Gasteiger partial charge on any atom is -0.444 e. The van der Waals surface area contributed by atoms with Crippen LogP contribution in [0.3, 0.4) is 0 Å². The van der Waals surface area contributed by atoms with Crippen LogP contribution in [0.2, 0.25) is 0 Å². The molecule has 0 spiro atoms. The Morgan fingerprint density at radius 1 is 1.33 bits per heavy atom. The van der Waals surface area contributed by atoms with Crippen molar-refractivity contribution in [3.8, 4) is 0 Å². The molecular weight excluding hydrogens is 274 g/mol. The highest BCUT2D eigenvalue weighted by molar-refractivity contribution is 6.05. The smallest absolute Gasteiger partial charge is 0.410 e. The monoisotopic (exact) mass is 297 g/mol. The molecule has 2 rings (SSSR count). The first kappa shape index (κ1) is 15.9. The predicted molar refractivity (Wildman–Crippen MR) is 74.9 cm³/mol. The standard InChI is InChI=1S/C15H23NO5/c1-15(2,3)21-14(19)16-7-6-11(17)10(9-16)13(18)12-5-4-8-20-12/h10,12H,4-9H2,1-3H3. The molecule has 2 aliphatic rings. The summed E-state index contributed by atoms with van der Waals surface area (Å²) < 4.78 is 10.7. The first-order valence-electron chi connectivity index (χ1n) is 7.44. The average molecular weight is 297 g/mol. The molecule has 0 aliphatic carbocycles. The van der Waals surface area contributed by atoms with Crippen molar-refractivity contribution in [2.75, 3.05) is 19.7 Å². The fraction of sp³-hybridized carbons (Fsp3) is 0.800. The molecule has 2 atom stereocenters. The maximum atomic E-state index is 12.3. The Bertz CT molecular complexity index is 434. The summed E-state index contributed by atoms with van der Waals surface area (Å²) in [5, 5.41) is 0. The molecule has 2 unspecified atom stereocenters. The van der Waals surface area contributed by atoms with E-state index in [-0.39, 0.29) is 24.5 Å². The SMILES string of the molecule is CC(C)(C)OC(=O)N1CCC(=O)C(C(=O)C2CCCO2)C1. The number of Topliss-reactive ketones (excluding diaryl/α,β-unsaturated/α-hetero) is 2. The van der Waals surface area contributed by atoms with Gasteiger partial charge in [0.25, 0.3) is 0 Å². The molecule has 2 aliphatic heterocycles. The molecule has 6 nitrogen and oxygen atoms in total. The van der Waals surface area contributed by atoms with Crippen LogP contribution in [0.4, 0.5) is 4.79 Å². The van der Waals surface area contributed by atoms with Crippen LogP contribution in [0.15, 0.2) is 0 Å². The molecule has 1 amide bonds. The van der Waals surface area contributed by atoms with E-state index in [2.05, 4.69) is 0 Å². The first-order valence-corrected chi connectivity index (χ1v) is 7.44. The van der Waals surface area contributed by atoms with Gasteiger partial charge in [-0.15, -0.1) is 0 Å². The largest absolute Gasteiger partial charge is 0.444 e. The lowest BCUT2D eigenvalue weighted by atomic mass is 9.89. The molecule has 6 heteroatoms. The number of carbonyl (C=O) groups excluding carboxylic acids is 3. The van der Waals surface area contributed by atoms with E-state index >= 15 is 0 Å². The third-order valence-corrected chi connectivity index (χ3v) is 3.66. The fourth-order valence-corrected chi connectivity index (χ4v) is 2.60. The van der Waals surface area contributed by atoms with E-state index in [0.29, 0.717) is 19.6 Å². The van der Waals surface area contributed by atoms with Crippen molar-refractivity contribution in [1.29, 1.82) is 0 Å². The number of piperidine rings is 1. The lowest BCUT2D eigenvalue weighted by Crippen LogP contribution is -2.50. The van der Waals surface area contributed by atoms with Gasteiger partial charge in [0.1, 0.15) is 17.5 Å². The van der Waals surface area contributed by atoms with E-state index in [1.165, 1.54) is 4.90 Å². The van der Waals surface area contributed by atoms with Crippen molar-refractivity contribution in [3.05, 3.63) is 0 Å². The number of rotatable bonds is 2. The predicted octanol–water partition coefficient (Wildman–Crippen LogP) is 1.56. The van der Waals surface area contributed by atoms with Gasteiger partial charge in [0.2, 0.25) is 0 Å². The minimum absolute atomic E-state index is 0.102. The first-order chi connectivity index (χ1) is 9.78. The molecule has 2 heterocycles. The second-order valence-corrected chi connectivity index (χ2v) is 6.60. The summed E-state index contributed by atoms with van der Waals surface area (Å²) in [5.74, 6) is -1.06. The van der Waals surface area contributed by atoms with Crippen LogP contribution in [0, 0.1) is 5.92 Å². The number of ketones is 2. The summed E-state index contributed by atoms with van der Waals surface area (Å²) in [6.07, 6.45) is 0.738. The highest BCUT2D eigenvalue weighted by Crippen LogP contribution is 2.23. The third-order valence-electron chi connectivity index (χ3n) is 3.66. The number of hydrogen-bond donors (Lipinski definition) is 0. The van der Waals surface area contributed by atoms with Gasteiger partial charge in [0.05, 0.1) is 5.92 Å². The number of carbonyl (C=O) groups is 3. The van der Waals surface area contributed by atoms with Crippen molar-refractivity contribution in [1.82, 2.24) is 4.90 Å². The van der Waals surface area contributed by atoms with Crippen molar-refractivity contribution >= 4 is 17.7 Å². The summed E-state index contributed by atoms with van der Waals surface area (Å²) in [5.41, 5.74) is -0.591. The molecule has 0 radical (unpaired) electrons. The topological polar surface area (TPSA) is 72.9 Å². The summed E-state index contributed by atoms with van der Waals surface area (Å²) in [6.45, 7) is 6.33. The van der Waals surface area contributed by atoms with Gasteiger partial charge in [-0.3, -0.25) is 9.59 Å². The highest BCUT2D eigenvalue weighted by Gasteiger charge is 2.40. The highest BCUT2D eigenvalue weighted by atomic mass is 16.6. The minimum atomic E-state index is -0.769. The number of likely N-dealkylation sites (tertiary alicyclic amines) is 1. The second-order valence-electron chi connectivity index (χ2n) is 6.60. The van der Waals surface area contributed by atoms with Gasteiger partial charge >= 0.3 is 6.09 Å². The Morgan fingerprint density at radius 2 is 2.05 bits per heavy atom. The van der Waals surface area contributed by atoms with Crippen LogP contribution in [0.25, 0.3) is 0 Å². The summed E-state index contributed by atoms with van der Waals surface area (Å²) >= 11 is 0. The second kappa shape index (κ2) is 6.13. The zero-order chi connectivity index (χ0) is 15.6. The Labute approximate surface area is 124 Å². The van der Waals surface area contributed by atoms with E-state index in [9.17, 15) is 14.4 Å². The number of ether oxygens (including phenoxy) is 2. The Balaban J connectivity index is 2.00. The molecule has 0 aromatic rings. The van der Waals surface area contributed by atoms with Gasteiger partial charge in [0.15, 0.2) is 5.78 Å². The molecule has 0 aromatic heterocycles. The molecule has 0 bridgehead atoms. The third kappa shape index (κ3) is 4.03. The Hall–Kier alpha value is -1.43. The molecular formula is C15H23NO5. The summed E-state index contributed by atoms with van der Waals surface area (Å²) in [4.78, 5) is 37.8. The van der Waals surface area contributed by atoms with Gasteiger partial charge in [-0.2, -0.15) is 0 Å². The van der Waals surface area contributed by atoms with Gasteiger partial charge < -0.3 is 14.4 Å². The van der Waals surface area contributed by atoms with Crippen LogP contribution in [-0.2, 0) is 19.1 Å². The lowest BCUT2D eigenvalue weighted by molar-refractivity contribution is -0.141. The van der Waals surface area contributed by atoms with Crippen LogP contribution in [-0.4, -0.2) is 54.0 Å². The molecule has 2 saturated heterocycles. The van der Waals surface area contributed by atoms with E-state index in [4.69, 9.17) is 9.47 Å². The van der Waals surface area contributed by atoms with E-state index in [1.54, 1.807) is 20.8 Å². The maximum Gasteiger partial charge on any atom is 0.410 e. The van der Waals surface area contributed by atoms with Gasteiger partial charge in [-0.25, -0.2) is 4.79 Å². The van der Waals surface area contributed by atoms with Gasteiger partial charge in [0, 0.05) is 26.1 Å². The fourth-order valence-electron chi connectivity index (χ4n) is 2.60. The van der Waals surface area contributed by atoms with Gasteiger partial charge in [-0.1, -0.05) is 0 Å². The molecule has 118 valence electrons. The molecule has 0 N–H and O–H groups in total. The number of nitrogens with zero attached hydrogens (tertiary/aromatic N) is 1. The van der Waals surface area contributed by atoms with Gasteiger partial charge in [-0.05, 0) is 33.6 Å². The molecule has 0 aromatic carbocycles. The van der Waals surface area contributed by atoms with Crippen LogP contribution < -0.4 is 0 Å². The number of hydrogen-bond acceptors (Lipinski definition) is 5. The van der Waals surface area contributed by atoms with Crippen molar-refractivity contribution in [3.63, 3.8) is 0 Å². The normalized spacial score (nSPS) is 26.8. The summed E-state index contributed by atoms with van der Waals surface area (Å²) in [7, 11) is 0. The van der Waals surface area contributed by atoms with E-state index in [0.717, 1.165) is 6.42 Å². The van der Waals surface area contributed by atoms with Crippen LogP contribution in [0.1, 0.15) is 40.0 Å². The number of amides is 1. The quantitative estimate of drug-likeness (QED) is 0.723.